The predicted octanol–water partition coefficient (Wildman–Crippen LogP) is 1.46. The van der Waals surface area contributed by atoms with Crippen molar-refractivity contribution in [1.82, 2.24) is 19.9 Å². The largest absolute Gasteiger partial charge is 0.262 e. The van der Waals surface area contributed by atoms with E-state index in [2.05, 4.69) is 19.9 Å². The Bertz CT molecular complexity index is 645. The van der Waals surface area contributed by atoms with Crippen molar-refractivity contribution in [2.45, 2.75) is 31.7 Å². The van der Waals surface area contributed by atoms with Gasteiger partial charge in [0, 0.05) is 0 Å². The van der Waals surface area contributed by atoms with Crippen LogP contribution in [0, 0.1) is 13.8 Å². The molecule has 1 heterocycles. The molecule has 1 unspecified atom stereocenters. The summed E-state index contributed by atoms with van der Waals surface area (Å²) in [6, 6.07) is 4.75. The monoisotopic (exact) mass is 280 g/mol. The number of hydrogen-bond donors (Lipinski definition) is 2. The van der Waals surface area contributed by atoms with E-state index in [1.807, 2.05) is 19.9 Å². The highest BCUT2D eigenvalue weighted by Crippen LogP contribution is 2.17. The molecule has 7 heteroatoms. The lowest BCUT2D eigenvalue weighted by atomic mass is 10.2. The number of sulfonamides is 1. The third-order valence-electron chi connectivity index (χ3n) is 2.68. The number of rotatable bonds is 4. The van der Waals surface area contributed by atoms with Crippen LogP contribution < -0.4 is 4.72 Å². The number of hydrogen-bond acceptors (Lipinski definition) is 4. The summed E-state index contributed by atoms with van der Waals surface area (Å²) in [6.07, 6.45) is 1.34. The van der Waals surface area contributed by atoms with Crippen LogP contribution >= 0.6 is 0 Å². The maximum absolute atomic E-state index is 12.3. The second kappa shape index (κ2) is 5.10. The zero-order chi connectivity index (χ0) is 14.0. The molecular formula is C12H16N4O2S. The van der Waals surface area contributed by atoms with Gasteiger partial charge >= 0.3 is 0 Å². The van der Waals surface area contributed by atoms with Crippen molar-refractivity contribution >= 4 is 10.0 Å². The number of H-pyrrole nitrogens is 1. The molecule has 0 aliphatic rings. The van der Waals surface area contributed by atoms with Gasteiger partial charge in [-0.15, -0.1) is 0 Å². The maximum atomic E-state index is 12.3. The van der Waals surface area contributed by atoms with Crippen molar-refractivity contribution in [3.05, 3.63) is 41.5 Å². The van der Waals surface area contributed by atoms with E-state index in [-0.39, 0.29) is 4.90 Å². The average molecular weight is 280 g/mol. The van der Waals surface area contributed by atoms with Gasteiger partial charge < -0.3 is 0 Å². The molecule has 19 heavy (non-hydrogen) atoms. The van der Waals surface area contributed by atoms with Gasteiger partial charge in [0.05, 0.1) is 10.9 Å². The SMILES string of the molecule is Cc1cc(C)cc(S(=O)(=O)NC(C)c2ncn[nH]2)c1. The lowest BCUT2D eigenvalue weighted by Crippen LogP contribution is -2.27. The van der Waals surface area contributed by atoms with Crippen LogP contribution in [-0.2, 0) is 10.0 Å². The molecule has 0 aliphatic heterocycles. The lowest BCUT2D eigenvalue weighted by molar-refractivity contribution is 0.560. The normalized spacial score (nSPS) is 13.4. The Morgan fingerprint density at radius 1 is 1.21 bits per heavy atom. The van der Waals surface area contributed by atoms with Crippen LogP contribution in [0.25, 0.3) is 0 Å². The fourth-order valence-electron chi connectivity index (χ4n) is 1.87. The van der Waals surface area contributed by atoms with E-state index < -0.39 is 16.1 Å². The van der Waals surface area contributed by atoms with Crippen molar-refractivity contribution in [2.75, 3.05) is 0 Å². The first-order valence-electron chi connectivity index (χ1n) is 5.84. The highest BCUT2D eigenvalue weighted by molar-refractivity contribution is 7.89. The van der Waals surface area contributed by atoms with E-state index >= 15 is 0 Å². The fourth-order valence-corrected chi connectivity index (χ4v) is 3.26. The molecule has 1 aromatic carbocycles. The Hall–Kier alpha value is -1.73. The van der Waals surface area contributed by atoms with Crippen LogP contribution in [0.1, 0.15) is 29.9 Å². The second-order valence-corrected chi connectivity index (χ2v) is 6.25. The zero-order valence-corrected chi connectivity index (χ0v) is 11.8. The Labute approximate surface area is 112 Å². The molecule has 0 bridgehead atoms. The van der Waals surface area contributed by atoms with Crippen molar-refractivity contribution in [1.29, 1.82) is 0 Å². The molecule has 0 radical (unpaired) electrons. The fraction of sp³-hybridized carbons (Fsp3) is 0.333. The van der Waals surface area contributed by atoms with Crippen molar-refractivity contribution in [3.8, 4) is 0 Å². The molecule has 102 valence electrons. The minimum Gasteiger partial charge on any atom is -0.262 e. The van der Waals surface area contributed by atoms with Crippen LogP contribution in [-0.4, -0.2) is 23.6 Å². The summed E-state index contributed by atoms with van der Waals surface area (Å²) in [5.74, 6) is 0.480. The van der Waals surface area contributed by atoms with E-state index in [0.29, 0.717) is 5.82 Å². The van der Waals surface area contributed by atoms with Gasteiger partial charge in [-0.05, 0) is 44.0 Å². The van der Waals surface area contributed by atoms with Crippen molar-refractivity contribution in [2.24, 2.45) is 0 Å². The number of nitrogens with one attached hydrogen (secondary N) is 2. The molecule has 1 atom stereocenters. The second-order valence-electron chi connectivity index (χ2n) is 4.54. The van der Waals surface area contributed by atoms with Gasteiger partial charge in [0.1, 0.15) is 12.2 Å². The summed E-state index contributed by atoms with van der Waals surface area (Å²) < 4.78 is 27.1. The molecule has 0 aliphatic carbocycles. The number of aromatic nitrogens is 3. The van der Waals surface area contributed by atoms with E-state index in [9.17, 15) is 8.42 Å². The van der Waals surface area contributed by atoms with Gasteiger partial charge in [0.15, 0.2) is 0 Å². The summed E-state index contributed by atoms with van der Waals surface area (Å²) >= 11 is 0. The van der Waals surface area contributed by atoms with Gasteiger partial charge in [-0.2, -0.15) is 5.10 Å². The standard InChI is InChI=1S/C12H16N4O2S/c1-8-4-9(2)6-11(5-8)19(17,18)16-10(3)12-13-7-14-15-12/h4-7,10,16H,1-3H3,(H,13,14,15). The van der Waals surface area contributed by atoms with E-state index in [1.54, 1.807) is 19.1 Å². The third-order valence-corrected chi connectivity index (χ3v) is 4.20. The Balaban J connectivity index is 2.27. The molecule has 0 saturated carbocycles. The first-order chi connectivity index (χ1) is 8.88. The van der Waals surface area contributed by atoms with Gasteiger partial charge in [-0.1, -0.05) is 6.07 Å². The maximum Gasteiger partial charge on any atom is 0.241 e. The molecule has 2 rings (SSSR count). The number of nitrogens with zero attached hydrogens (tertiary/aromatic N) is 2. The highest BCUT2D eigenvalue weighted by Gasteiger charge is 2.20. The molecular weight excluding hydrogens is 264 g/mol. The number of aromatic amines is 1. The van der Waals surface area contributed by atoms with Crippen LogP contribution in [0.4, 0.5) is 0 Å². The van der Waals surface area contributed by atoms with Crippen molar-refractivity contribution < 1.29 is 8.42 Å². The number of benzene rings is 1. The Kier molecular flexibility index (Phi) is 3.68. The minimum absolute atomic E-state index is 0.261. The van der Waals surface area contributed by atoms with Crippen molar-refractivity contribution in [3.63, 3.8) is 0 Å². The molecule has 1 aromatic heterocycles. The smallest absolute Gasteiger partial charge is 0.241 e. The van der Waals surface area contributed by atoms with Crippen LogP contribution in [0.2, 0.25) is 0 Å². The lowest BCUT2D eigenvalue weighted by Gasteiger charge is -2.12. The third kappa shape index (κ3) is 3.18. The topological polar surface area (TPSA) is 87.7 Å². The van der Waals surface area contributed by atoms with Crippen LogP contribution in [0.3, 0.4) is 0 Å². The molecule has 2 N–H and O–H groups in total. The van der Waals surface area contributed by atoms with E-state index in [1.165, 1.54) is 6.33 Å². The van der Waals surface area contributed by atoms with Gasteiger partial charge in [0.25, 0.3) is 0 Å². The first-order valence-corrected chi connectivity index (χ1v) is 7.33. The van der Waals surface area contributed by atoms with Gasteiger partial charge in [0.2, 0.25) is 10.0 Å². The quantitative estimate of drug-likeness (QED) is 0.887. The molecule has 0 spiro atoms. The first kappa shape index (κ1) is 13.7. The predicted molar refractivity (Wildman–Crippen MR) is 71.0 cm³/mol. The van der Waals surface area contributed by atoms with Crippen LogP contribution in [0.5, 0.6) is 0 Å². The molecule has 6 nitrogen and oxygen atoms in total. The van der Waals surface area contributed by atoms with Crippen LogP contribution in [0.15, 0.2) is 29.4 Å². The Morgan fingerprint density at radius 3 is 2.37 bits per heavy atom. The minimum atomic E-state index is -3.57. The summed E-state index contributed by atoms with van der Waals surface area (Å²) in [5.41, 5.74) is 1.82. The zero-order valence-electron chi connectivity index (χ0n) is 11.0. The summed E-state index contributed by atoms with van der Waals surface area (Å²) in [6.45, 7) is 5.44. The van der Waals surface area contributed by atoms with E-state index in [0.717, 1.165) is 11.1 Å². The van der Waals surface area contributed by atoms with Gasteiger partial charge in [-0.25, -0.2) is 18.1 Å². The molecule has 0 amide bonds. The molecule has 0 fully saturated rings. The summed E-state index contributed by atoms with van der Waals surface area (Å²) in [7, 11) is -3.57. The van der Waals surface area contributed by atoms with E-state index in [4.69, 9.17) is 0 Å². The number of aryl methyl sites for hydroxylation is 2. The molecule has 0 saturated heterocycles. The average Bonchev–Trinajstić information content (AvgIpc) is 2.80. The summed E-state index contributed by atoms with van der Waals surface area (Å²) in [4.78, 5) is 4.20. The molecule has 2 aromatic rings. The van der Waals surface area contributed by atoms with Gasteiger partial charge in [-0.3, -0.25) is 5.10 Å². The summed E-state index contributed by atoms with van der Waals surface area (Å²) in [5, 5.41) is 6.35. The highest BCUT2D eigenvalue weighted by atomic mass is 32.2. The Morgan fingerprint density at radius 2 is 1.84 bits per heavy atom.